The average Bonchev–Trinajstić information content (AvgIpc) is 2.71. The number of hydrogen-bond acceptors (Lipinski definition) is 2. The number of carbonyl (C=O) groups excluding carboxylic acids is 2. The fraction of sp³-hybridized carbons (Fsp3) is 0.846. The number of halogens is 3. The topological polar surface area (TPSA) is 34.1 Å². The highest BCUT2D eigenvalue weighted by atomic mass is 35.5. The number of alkyl halides is 3. The molecule has 1 rings (SSSR count). The van der Waals surface area contributed by atoms with E-state index in [1.54, 1.807) is 6.92 Å². The van der Waals surface area contributed by atoms with E-state index < -0.39 is 23.5 Å². The zero-order chi connectivity index (χ0) is 13.8. The second-order valence-electron chi connectivity index (χ2n) is 5.02. The minimum Gasteiger partial charge on any atom is -0.300 e. The number of hydrogen-bond donors (Lipinski definition) is 0. The molecule has 2 nitrogen and oxygen atoms in total. The maximum atomic E-state index is 13.5. The van der Waals surface area contributed by atoms with Crippen molar-refractivity contribution < 1.29 is 18.4 Å². The summed E-state index contributed by atoms with van der Waals surface area (Å²) in [6.45, 7) is 1.79. The van der Waals surface area contributed by atoms with Crippen LogP contribution in [-0.2, 0) is 9.59 Å². The van der Waals surface area contributed by atoms with Gasteiger partial charge in [-0.3, -0.25) is 9.59 Å². The molecular weight excluding hydrogens is 262 g/mol. The molecule has 1 aliphatic carbocycles. The van der Waals surface area contributed by atoms with Gasteiger partial charge in [-0.2, -0.15) is 8.78 Å². The van der Waals surface area contributed by atoms with Gasteiger partial charge in [0.1, 0.15) is 5.78 Å². The minimum atomic E-state index is -3.33. The summed E-state index contributed by atoms with van der Waals surface area (Å²) in [5.74, 6) is -4.39. The molecule has 0 saturated heterocycles. The van der Waals surface area contributed by atoms with Crippen LogP contribution in [0.25, 0.3) is 0 Å². The predicted octanol–water partition coefficient (Wildman–Crippen LogP) is 3.75. The van der Waals surface area contributed by atoms with Crippen LogP contribution in [0.5, 0.6) is 0 Å². The first-order chi connectivity index (χ1) is 8.36. The molecule has 1 fully saturated rings. The molecule has 0 aromatic carbocycles. The molecule has 0 spiro atoms. The van der Waals surface area contributed by atoms with Crippen LogP contribution in [0.4, 0.5) is 8.78 Å². The van der Waals surface area contributed by atoms with Crippen molar-refractivity contribution in [2.24, 2.45) is 5.92 Å². The lowest BCUT2D eigenvalue weighted by Gasteiger charge is -2.19. The summed E-state index contributed by atoms with van der Waals surface area (Å²) in [5, 5.41) is -1.17. The molecule has 0 radical (unpaired) electrons. The van der Waals surface area contributed by atoms with E-state index in [1.165, 1.54) is 0 Å². The molecular formula is C13H19ClF2O2. The number of ketones is 2. The van der Waals surface area contributed by atoms with Crippen LogP contribution in [0.15, 0.2) is 0 Å². The number of unbranched alkanes of at least 4 members (excludes halogenated alkanes) is 1. The van der Waals surface area contributed by atoms with Crippen molar-refractivity contribution in [1.82, 2.24) is 0 Å². The summed E-state index contributed by atoms with van der Waals surface area (Å²) in [6.07, 6.45) is 2.20. The molecule has 0 N–H and O–H groups in total. The number of Topliss-reactive ketones (excluding diaryl/α,β-unsaturated/α-hetero) is 2. The van der Waals surface area contributed by atoms with Crippen molar-refractivity contribution in [1.29, 1.82) is 0 Å². The third-order valence-corrected chi connectivity index (χ3v) is 3.75. The molecule has 0 amide bonds. The molecule has 0 aromatic heterocycles. The lowest BCUT2D eigenvalue weighted by molar-refractivity contribution is -0.144. The molecule has 0 aromatic rings. The van der Waals surface area contributed by atoms with Crippen LogP contribution < -0.4 is 0 Å². The molecule has 5 heteroatoms. The van der Waals surface area contributed by atoms with Gasteiger partial charge in [0.05, 0.1) is 5.38 Å². The summed E-state index contributed by atoms with van der Waals surface area (Å²) in [6, 6.07) is 0. The molecule has 2 unspecified atom stereocenters. The molecule has 2 atom stereocenters. The van der Waals surface area contributed by atoms with Gasteiger partial charge in [0, 0.05) is 19.3 Å². The Balaban J connectivity index is 2.47. The second kappa shape index (κ2) is 6.60. The van der Waals surface area contributed by atoms with E-state index in [1.807, 2.05) is 0 Å². The van der Waals surface area contributed by atoms with Gasteiger partial charge in [-0.15, -0.1) is 11.6 Å². The highest BCUT2D eigenvalue weighted by Crippen LogP contribution is 2.32. The largest absolute Gasteiger partial charge is 0.306 e. The first kappa shape index (κ1) is 15.5. The normalized spacial score (nSPS) is 22.2. The average molecular weight is 281 g/mol. The van der Waals surface area contributed by atoms with Crippen molar-refractivity contribution in [3.8, 4) is 0 Å². The fourth-order valence-corrected chi connectivity index (χ4v) is 2.65. The van der Waals surface area contributed by atoms with Gasteiger partial charge >= 0.3 is 5.92 Å². The predicted molar refractivity (Wildman–Crippen MR) is 66.1 cm³/mol. The van der Waals surface area contributed by atoms with E-state index in [4.69, 9.17) is 11.6 Å². The smallest absolute Gasteiger partial charge is 0.300 e. The van der Waals surface area contributed by atoms with Crippen molar-refractivity contribution in [2.75, 3.05) is 0 Å². The Morgan fingerprint density at radius 2 is 2.22 bits per heavy atom. The third kappa shape index (κ3) is 4.30. The van der Waals surface area contributed by atoms with E-state index in [-0.39, 0.29) is 18.1 Å². The van der Waals surface area contributed by atoms with Crippen LogP contribution in [0, 0.1) is 5.92 Å². The van der Waals surface area contributed by atoms with Crippen LogP contribution in [0.2, 0.25) is 0 Å². The Morgan fingerprint density at radius 1 is 1.56 bits per heavy atom. The molecule has 104 valence electrons. The van der Waals surface area contributed by atoms with Gasteiger partial charge in [-0.1, -0.05) is 13.3 Å². The number of carbonyl (C=O) groups is 2. The van der Waals surface area contributed by atoms with Crippen LogP contribution >= 0.6 is 11.6 Å². The van der Waals surface area contributed by atoms with Crippen molar-refractivity contribution in [3.05, 3.63) is 0 Å². The Labute approximate surface area is 111 Å². The Bertz CT molecular complexity index is 318. The Kier molecular flexibility index (Phi) is 5.70. The Hall–Kier alpha value is -0.510. The Morgan fingerprint density at radius 3 is 2.72 bits per heavy atom. The van der Waals surface area contributed by atoms with Gasteiger partial charge < -0.3 is 0 Å². The van der Waals surface area contributed by atoms with E-state index in [0.29, 0.717) is 32.1 Å². The standard InChI is InChI=1S/C13H19ClF2O2/c1-2-3-6-13(15,16)12(18)11(14)8-9-4-5-10(17)7-9/h9,11H,2-8H2,1H3. The van der Waals surface area contributed by atoms with Gasteiger partial charge in [0.25, 0.3) is 0 Å². The lowest BCUT2D eigenvalue weighted by Crippen LogP contribution is -2.36. The van der Waals surface area contributed by atoms with Gasteiger partial charge in [0.2, 0.25) is 5.78 Å². The van der Waals surface area contributed by atoms with E-state index in [0.717, 1.165) is 0 Å². The monoisotopic (exact) mass is 280 g/mol. The van der Waals surface area contributed by atoms with Gasteiger partial charge in [-0.25, -0.2) is 0 Å². The summed E-state index contributed by atoms with van der Waals surface area (Å²) >= 11 is 5.78. The van der Waals surface area contributed by atoms with Crippen LogP contribution in [-0.4, -0.2) is 22.9 Å². The van der Waals surface area contributed by atoms with Crippen molar-refractivity contribution in [2.45, 2.75) is 63.2 Å². The van der Waals surface area contributed by atoms with Crippen LogP contribution in [0.1, 0.15) is 51.9 Å². The zero-order valence-electron chi connectivity index (χ0n) is 10.6. The van der Waals surface area contributed by atoms with E-state index in [2.05, 4.69) is 0 Å². The molecule has 1 saturated carbocycles. The summed E-state index contributed by atoms with van der Waals surface area (Å²) < 4.78 is 27.0. The quantitative estimate of drug-likeness (QED) is 0.666. The van der Waals surface area contributed by atoms with Gasteiger partial charge in [-0.05, 0) is 25.2 Å². The summed E-state index contributed by atoms with van der Waals surface area (Å²) in [7, 11) is 0. The van der Waals surface area contributed by atoms with Crippen molar-refractivity contribution >= 4 is 23.2 Å². The minimum absolute atomic E-state index is 0.00840. The maximum Gasteiger partial charge on any atom is 0.306 e. The third-order valence-electron chi connectivity index (χ3n) is 3.38. The van der Waals surface area contributed by atoms with Gasteiger partial charge in [0.15, 0.2) is 0 Å². The van der Waals surface area contributed by atoms with E-state index >= 15 is 0 Å². The second-order valence-corrected chi connectivity index (χ2v) is 5.55. The molecule has 0 aliphatic heterocycles. The highest BCUT2D eigenvalue weighted by molar-refractivity contribution is 6.32. The van der Waals surface area contributed by atoms with Crippen LogP contribution in [0.3, 0.4) is 0 Å². The summed E-state index contributed by atoms with van der Waals surface area (Å²) in [4.78, 5) is 22.6. The van der Waals surface area contributed by atoms with Crippen molar-refractivity contribution in [3.63, 3.8) is 0 Å². The molecule has 18 heavy (non-hydrogen) atoms. The highest BCUT2D eigenvalue weighted by Gasteiger charge is 2.42. The summed E-state index contributed by atoms with van der Waals surface area (Å²) in [5.41, 5.74) is 0. The lowest BCUT2D eigenvalue weighted by atomic mass is 9.96. The first-order valence-corrected chi connectivity index (χ1v) is 6.88. The molecule has 0 bridgehead atoms. The van der Waals surface area contributed by atoms with E-state index in [9.17, 15) is 18.4 Å². The number of rotatable bonds is 7. The first-order valence-electron chi connectivity index (χ1n) is 6.44. The molecule has 1 aliphatic rings. The molecule has 0 heterocycles. The zero-order valence-corrected chi connectivity index (χ0v) is 11.3. The fourth-order valence-electron chi connectivity index (χ4n) is 2.24. The SMILES string of the molecule is CCCCC(F)(F)C(=O)C(Cl)CC1CCC(=O)C1. The maximum absolute atomic E-state index is 13.5.